The molecule has 0 amide bonds. The number of hydrogen-bond donors (Lipinski definition) is 0. The normalized spacial score (nSPS) is 23.4. The average molecular weight is 199 g/mol. The first kappa shape index (κ1) is 12.0. The minimum Gasteiger partial charge on any atom is -0.298 e. The van der Waals surface area contributed by atoms with E-state index >= 15 is 0 Å². The van der Waals surface area contributed by atoms with Crippen molar-refractivity contribution < 1.29 is 0 Å². The van der Waals surface area contributed by atoms with Crippen LogP contribution in [0.5, 0.6) is 0 Å². The van der Waals surface area contributed by atoms with Gasteiger partial charge in [-0.15, -0.1) is 0 Å². The van der Waals surface area contributed by atoms with Crippen molar-refractivity contribution in [2.45, 2.75) is 26.8 Å². The molecule has 0 aromatic heterocycles. The summed E-state index contributed by atoms with van der Waals surface area (Å²) in [5.74, 6) is 0.765. The molecule has 0 saturated carbocycles. The van der Waals surface area contributed by atoms with E-state index in [0.717, 1.165) is 12.0 Å². The minimum atomic E-state index is 0.722. The van der Waals surface area contributed by atoms with Crippen LogP contribution in [0.15, 0.2) is 0 Å². The topological polar surface area (TPSA) is 9.72 Å². The SMILES string of the molecule is CC(C)C(C)N1CCN(N(C)C)CC1. The van der Waals surface area contributed by atoms with Crippen molar-refractivity contribution >= 4 is 0 Å². The van der Waals surface area contributed by atoms with Gasteiger partial charge in [0.2, 0.25) is 0 Å². The Labute approximate surface area is 88.6 Å². The van der Waals surface area contributed by atoms with Crippen LogP contribution in [0.2, 0.25) is 0 Å². The predicted molar refractivity (Wildman–Crippen MR) is 61.1 cm³/mol. The summed E-state index contributed by atoms with van der Waals surface area (Å²) in [6.07, 6.45) is 0. The van der Waals surface area contributed by atoms with Crippen LogP contribution in [0, 0.1) is 5.92 Å². The molecule has 1 aliphatic rings. The highest BCUT2D eigenvalue weighted by atomic mass is 15.6. The maximum absolute atomic E-state index is 2.60. The van der Waals surface area contributed by atoms with E-state index in [2.05, 4.69) is 49.8 Å². The van der Waals surface area contributed by atoms with Crippen molar-refractivity contribution in [2.75, 3.05) is 40.3 Å². The minimum absolute atomic E-state index is 0.722. The average Bonchev–Trinajstić information content (AvgIpc) is 2.16. The Morgan fingerprint density at radius 2 is 1.43 bits per heavy atom. The molecular formula is C11H25N3. The van der Waals surface area contributed by atoms with Crippen molar-refractivity contribution in [3.05, 3.63) is 0 Å². The second kappa shape index (κ2) is 5.10. The van der Waals surface area contributed by atoms with Gasteiger partial charge < -0.3 is 0 Å². The first-order chi connectivity index (χ1) is 6.52. The van der Waals surface area contributed by atoms with Gasteiger partial charge in [0.1, 0.15) is 0 Å². The van der Waals surface area contributed by atoms with Gasteiger partial charge in [-0.25, -0.2) is 10.0 Å². The third-order valence-electron chi connectivity index (χ3n) is 3.40. The fourth-order valence-electron chi connectivity index (χ4n) is 1.94. The molecule has 0 bridgehead atoms. The third-order valence-corrected chi connectivity index (χ3v) is 3.40. The maximum Gasteiger partial charge on any atom is 0.0261 e. The molecule has 1 atom stereocenters. The zero-order valence-corrected chi connectivity index (χ0v) is 10.3. The molecule has 1 aliphatic heterocycles. The summed E-state index contributed by atoms with van der Waals surface area (Å²) in [5.41, 5.74) is 0. The molecule has 1 unspecified atom stereocenters. The monoisotopic (exact) mass is 199 g/mol. The van der Waals surface area contributed by atoms with Crippen LogP contribution in [0.1, 0.15) is 20.8 Å². The smallest absolute Gasteiger partial charge is 0.0261 e. The molecule has 0 radical (unpaired) electrons. The van der Waals surface area contributed by atoms with Gasteiger partial charge in [0.05, 0.1) is 0 Å². The Morgan fingerprint density at radius 3 is 1.79 bits per heavy atom. The van der Waals surface area contributed by atoms with Gasteiger partial charge in [-0.05, 0) is 12.8 Å². The van der Waals surface area contributed by atoms with Crippen LogP contribution in [-0.4, -0.2) is 61.2 Å². The quantitative estimate of drug-likeness (QED) is 0.674. The van der Waals surface area contributed by atoms with Crippen molar-refractivity contribution in [1.29, 1.82) is 0 Å². The number of hydrogen-bond acceptors (Lipinski definition) is 3. The van der Waals surface area contributed by atoms with E-state index in [9.17, 15) is 0 Å². The van der Waals surface area contributed by atoms with E-state index in [1.165, 1.54) is 26.2 Å². The van der Waals surface area contributed by atoms with Crippen molar-refractivity contribution in [3.8, 4) is 0 Å². The molecule has 3 nitrogen and oxygen atoms in total. The summed E-state index contributed by atoms with van der Waals surface area (Å²) in [4.78, 5) is 2.60. The van der Waals surface area contributed by atoms with Crippen LogP contribution in [0.4, 0.5) is 0 Å². The zero-order valence-electron chi connectivity index (χ0n) is 10.3. The lowest BCUT2D eigenvalue weighted by Crippen LogP contribution is -2.54. The van der Waals surface area contributed by atoms with Crippen LogP contribution < -0.4 is 0 Å². The summed E-state index contributed by atoms with van der Waals surface area (Å²) >= 11 is 0. The molecule has 14 heavy (non-hydrogen) atoms. The highest BCUT2D eigenvalue weighted by molar-refractivity contribution is 4.76. The summed E-state index contributed by atoms with van der Waals surface area (Å²) in [6, 6.07) is 0.722. The molecule has 0 aromatic rings. The fraction of sp³-hybridized carbons (Fsp3) is 1.00. The lowest BCUT2D eigenvalue weighted by molar-refractivity contribution is -0.0316. The maximum atomic E-state index is 2.60. The Bertz CT molecular complexity index is 160. The summed E-state index contributed by atoms with van der Waals surface area (Å²) in [6.45, 7) is 11.7. The third kappa shape index (κ3) is 2.94. The van der Waals surface area contributed by atoms with Crippen molar-refractivity contribution in [2.24, 2.45) is 5.92 Å². The molecule has 3 heteroatoms. The molecule has 1 fully saturated rings. The molecular weight excluding hydrogens is 174 g/mol. The van der Waals surface area contributed by atoms with E-state index in [-0.39, 0.29) is 0 Å². The molecule has 1 heterocycles. The van der Waals surface area contributed by atoms with Crippen LogP contribution in [0.3, 0.4) is 0 Å². The van der Waals surface area contributed by atoms with Gasteiger partial charge in [-0.2, -0.15) is 0 Å². The Kier molecular flexibility index (Phi) is 4.35. The first-order valence-electron chi connectivity index (χ1n) is 5.68. The van der Waals surface area contributed by atoms with Gasteiger partial charge in [0, 0.05) is 46.3 Å². The Balaban J connectivity index is 2.35. The van der Waals surface area contributed by atoms with Crippen molar-refractivity contribution in [3.63, 3.8) is 0 Å². The van der Waals surface area contributed by atoms with Gasteiger partial charge in [0.15, 0.2) is 0 Å². The van der Waals surface area contributed by atoms with Crippen LogP contribution in [0.25, 0.3) is 0 Å². The Hall–Kier alpha value is -0.120. The molecule has 84 valence electrons. The number of hydrazine groups is 1. The highest BCUT2D eigenvalue weighted by Crippen LogP contribution is 2.13. The lowest BCUT2D eigenvalue weighted by Gasteiger charge is -2.41. The van der Waals surface area contributed by atoms with Crippen LogP contribution >= 0.6 is 0 Å². The van der Waals surface area contributed by atoms with Gasteiger partial charge in [-0.3, -0.25) is 4.90 Å². The van der Waals surface area contributed by atoms with Gasteiger partial charge in [0.25, 0.3) is 0 Å². The van der Waals surface area contributed by atoms with Crippen molar-refractivity contribution in [1.82, 2.24) is 14.9 Å². The van der Waals surface area contributed by atoms with E-state index in [4.69, 9.17) is 0 Å². The second-order valence-corrected chi connectivity index (χ2v) is 4.82. The number of rotatable bonds is 3. The van der Waals surface area contributed by atoms with E-state index in [0.29, 0.717) is 0 Å². The van der Waals surface area contributed by atoms with E-state index in [1.807, 2.05) is 0 Å². The van der Waals surface area contributed by atoms with Gasteiger partial charge >= 0.3 is 0 Å². The second-order valence-electron chi connectivity index (χ2n) is 4.82. The van der Waals surface area contributed by atoms with E-state index < -0.39 is 0 Å². The molecule has 0 aromatic carbocycles. The zero-order chi connectivity index (χ0) is 10.7. The lowest BCUT2D eigenvalue weighted by atomic mass is 10.0. The number of piperazine rings is 1. The summed E-state index contributed by atoms with van der Waals surface area (Å²) in [5, 5.41) is 4.61. The summed E-state index contributed by atoms with van der Waals surface area (Å²) in [7, 11) is 4.25. The summed E-state index contributed by atoms with van der Waals surface area (Å²) < 4.78 is 0. The fourth-order valence-corrected chi connectivity index (χ4v) is 1.94. The predicted octanol–water partition coefficient (Wildman–Crippen LogP) is 1.13. The highest BCUT2D eigenvalue weighted by Gasteiger charge is 2.23. The number of nitrogens with zero attached hydrogens (tertiary/aromatic N) is 3. The van der Waals surface area contributed by atoms with E-state index in [1.54, 1.807) is 0 Å². The molecule has 1 rings (SSSR count). The standard InChI is InChI=1S/C11H25N3/c1-10(2)11(3)13-6-8-14(9-7-13)12(4)5/h10-11H,6-9H2,1-5H3. The Morgan fingerprint density at radius 1 is 0.929 bits per heavy atom. The molecule has 1 saturated heterocycles. The van der Waals surface area contributed by atoms with Crippen LogP contribution in [-0.2, 0) is 0 Å². The van der Waals surface area contributed by atoms with Gasteiger partial charge in [-0.1, -0.05) is 13.8 Å². The molecule has 0 N–H and O–H groups in total. The first-order valence-corrected chi connectivity index (χ1v) is 5.68. The largest absolute Gasteiger partial charge is 0.298 e. The molecule has 0 spiro atoms. The molecule has 0 aliphatic carbocycles.